The molecule has 0 saturated carbocycles. The zero-order valence-electron chi connectivity index (χ0n) is 17.3. The zero-order valence-corrected chi connectivity index (χ0v) is 18.0. The quantitative estimate of drug-likeness (QED) is 0.495. The number of rotatable bonds is 10. The van der Waals surface area contributed by atoms with E-state index in [1.807, 2.05) is 12.1 Å². The Bertz CT molecular complexity index is 988. The van der Waals surface area contributed by atoms with E-state index in [2.05, 4.69) is 29.1 Å². The molecule has 30 heavy (non-hydrogen) atoms. The second-order valence-electron chi connectivity index (χ2n) is 7.04. The van der Waals surface area contributed by atoms with Gasteiger partial charge in [0.2, 0.25) is 0 Å². The van der Waals surface area contributed by atoms with Gasteiger partial charge < -0.3 is 14.4 Å². The predicted molar refractivity (Wildman–Crippen MR) is 119 cm³/mol. The fraction of sp³-hybridized carbons (Fsp3) is 0.304. The van der Waals surface area contributed by atoms with Crippen molar-refractivity contribution in [2.75, 3.05) is 33.9 Å². The van der Waals surface area contributed by atoms with E-state index in [1.165, 1.54) is 11.6 Å². The molecule has 2 aromatic heterocycles. The minimum absolute atomic E-state index is 0.149. The van der Waals surface area contributed by atoms with Gasteiger partial charge >= 0.3 is 0 Å². The van der Waals surface area contributed by atoms with E-state index in [0.717, 1.165) is 37.5 Å². The lowest BCUT2D eigenvalue weighted by molar-refractivity contribution is 0.162. The van der Waals surface area contributed by atoms with E-state index in [-0.39, 0.29) is 12.2 Å². The number of methoxy groups -OCH3 is 1. The molecule has 0 aliphatic carbocycles. The van der Waals surface area contributed by atoms with Crippen LogP contribution in [0.2, 0.25) is 5.02 Å². The third kappa shape index (κ3) is 6.42. The van der Waals surface area contributed by atoms with Crippen molar-refractivity contribution >= 4 is 11.6 Å². The molecular formula is C23H26ClN3O3. The Labute approximate surface area is 181 Å². The maximum atomic E-state index is 12.5. The third-order valence-corrected chi connectivity index (χ3v) is 4.96. The van der Waals surface area contributed by atoms with Crippen molar-refractivity contribution in [2.24, 2.45) is 0 Å². The Morgan fingerprint density at radius 2 is 1.90 bits per heavy atom. The van der Waals surface area contributed by atoms with Crippen LogP contribution in [-0.2, 0) is 17.8 Å². The maximum Gasteiger partial charge on any atom is 0.258 e. The molecule has 0 spiro atoms. The van der Waals surface area contributed by atoms with E-state index in [4.69, 9.17) is 21.1 Å². The van der Waals surface area contributed by atoms with Crippen molar-refractivity contribution in [1.82, 2.24) is 14.5 Å². The largest absolute Gasteiger partial charge is 0.487 e. The molecule has 0 saturated heterocycles. The van der Waals surface area contributed by atoms with E-state index in [9.17, 15) is 4.79 Å². The lowest BCUT2D eigenvalue weighted by Crippen LogP contribution is -2.25. The summed E-state index contributed by atoms with van der Waals surface area (Å²) in [5.41, 5.74) is 2.64. The molecule has 1 aromatic carbocycles. The molecule has 0 bridgehead atoms. The number of benzene rings is 1. The average Bonchev–Trinajstić information content (AvgIpc) is 2.76. The van der Waals surface area contributed by atoms with Crippen molar-refractivity contribution < 1.29 is 9.47 Å². The first-order chi connectivity index (χ1) is 14.5. The van der Waals surface area contributed by atoms with Gasteiger partial charge in [0, 0.05) is 44.3 Å². The summed E-state index contributed by atoms with van der Waals surface area (Å²) in [6.45, 7) is 2.87. The van der Waals surface area contributed by atoms with Crippen LogP contribution in [-0.4, -0.2) is 48.3 Å². The second kappa shape index (κ2) is 10.9. The molecule has 0 unspecified atom stereocenters. The van der Waals surface area contributed by atoms with E-state index < -0.39 is 0 Å². The van der Waals surface area contributed by atoms with Crippen molar-refractivity contribution in [3.05, 3.63) is 87.6 Å². The van der Waals surface area contributed by atoms with Gasteiger partial charge in [0.1, 0.15) is 12.4 Å². The molecule has 158 valence electrons. The Kier molecular flexibility index (Phi) is 8.02. The first-order valence-electron chi connectivity index (χ1n) is 9.78. The van der Waals surface area contributed by atoms with Crippen LogP contribution >= 0.6 is 11.6 Å². The van der Waals surface area contributed by atoms with Crippen LogP contribution in [0, 0.1) is 0 Å². The molecule has 0 N–H and O–H groups in total. The second-order valence-corrected chi connectivity index (χ2v) is 7.48. The summed E-state index contributed by atoms with van der Waals surface area (Å²) >= 11 is 5.83. The molecule has 0 aliphatic heterocycles. The van der Waals surface area contributed by atoms with E-state index >= 15 is 0 Å². The lowest BCUT2D eigenvalue weighted by Gasteiger charge is -2.16. The number of pyridine rings is 2. The van der Waals surface area contributed by atoms with Crippen LogP contribution in [0.15, 0.2) is 65.7 Å². The highest BCUT2D eigenvalue weighted by molar-refractivity contribution is 6.30. The first-order valence-corrected chi connectivity index (χ1v) is 10.2. The number of nitrogens with zero attached hydrogens (tertiary/aromatic N) is 3. The fourth-order valence-electron chi connectivity index (χ4n) is 2.92. The van der Waals surface area contributed by atoms with Crippen LogP contribution in [0.3, 0.4) is 0 Å². The zero-order chi connectivity index (χ0) is 21.3. The van der Waals surface area contributed by atoms with Gasteiger partial charge in [-0.2, -0.15) is 0 Å². The van der Waals surface area contributed by atoms with Crippen LogP contribution < -0.4 is 10.3 Å². The molecule has 3 aromatic rings. The molecule has 0 aliphatic rings. The fourth-order valence-corrected chi connectivity index (χ4v) is 3.03. The predicted octanol–water partition coefficient (Wildman–Crippen LogP) is 3.59. The van der Waals surface area contributed by atoms with Gasteiger partial charge in [0.25, 0.3) is 5.56 Å². The minimum atomic E-state index is -0.149. The number of halogens is 1. The highest BCUT2D eigenvalue weighted by Gasteiger charge is 2.05. The van der Waals surface area contributed by atoms with Crippen molar-refractivity contribution in [2.45, 2.75) is 13.0 Å². The molecule has 2 heterocycles. The van der Waals surface area contributed by atoms with Crippen LogP contribution in [0.1, 0.15) is 11.3 Å². The van der Waals surface area contributed by atoms with Crippen LogP contribution in [0.5, 0.6) is 5.75 Å². The number of aromatic nitrogens is 2. The Morgan fingerprint density at radius 3 is 2.57 bits per heavy atom. The average molecular weight is 428 g/mol. The number of ether oxygens (including phenoxy) is 2. The van der Waals surface area contributed by atoms with Gasteiger partial charge in [-0.05, 0) is 49.4 Å². The van der Waals surface area contributed by atoms with Crippen molar-refractivity contribution in [1.29, 1.82) is 0 Å². The molecule has 0 amide bonds. The van der Waals surface area contributed by atoms with Crippen molar-refractivity contribution in [3.63, 3.8) is 0 Å². The lowest BCUT2D eigenvalue weighted by atomic mass is 10.1. The van der Waals surface area contributed by atoms with E-state index in [0.29, 0.717) is 10.8 Å². The van der Waals surface area contributed by atoms with Gasteiger partial charge in [0.05, 0.1) is 17.3 Å². The summed E-state index contributed by atoms with van der Waals surface area (Å²) in [4.78, 5) is 18.9. The standard InChI is InChI=1S/C23H26ClN3O3/c1-26(13-14-29-2)11-9-18-3-7-21(8-4-18)27-12-10-22(15-23(27)28)30-17-20-6-5-19(24)16-25-20/h3-8,10,12,15-16H,9,11,13-14,17H2,1-2H3. The summed E-state index contributed by atoms with van der Waals surface area (Å²) < 4.78 is 12.4. The summed E-state index contributed by atoms with van der Waals surface area (Å²) in [7, 11) is 3.80. The molecule has 6 nitrogen and oxygen atoms in total. The van der Waals surface area contributed by atoms with Crippen molar-refractivity contribution in [3.8, 4) is 11.4 Å². The summed E-state index contributed by atoms with van der Waals surface area (Å²) in [5, 5.41) is 0.575. The monoisotopic (exact) mass is 427 g/mol. The number of hydrogen-bond donors (Lipinski definition) is 0. The normalized spacial score (nSPS) is 11.1. The van der Waals surface area contributed by atoms with Crippen LogP contribution in [0.25, 0.3) is 5.69 Å². The summed E-state index contributed by atoms with van der Waals surface area (Å²) in [5.74, 6) is 0.503. The van der Waals surface area contributed by atoms with Crippen LogP contribution in [0.4, 0.5) is 0 Å². The number of likely N-dealkylation sites (N-methyl/N-ethyl adjacent to an activating group) is 1. The van der Waals surface area contributed by atoms with Gasteiger partial charge in [-0.25, -0.2) is 0 Å². The minimum Gasteiger partial charge on any atom is -0.487 e. The van der Waals surface area contributed by atoms with Gasteiger partial charge in [0.15, 0.2) is 0 Å². The van der Waals surface area contributed by atoms with Gasteiger partial charge in [-0.1, -0.05) is 23.7 Å². The van der Waals surface area contributed by atoms with Gasteiger partial charge in [-0.3, -0.25) is 14.3 Å². The topological polar surface area (TPSA) is 56.6 Å². The Morgan fingerprint density at radius 1 is 1.10 bits per heavy atom. The summed E-state index contributed by atoms with van der Waals surface area (Å²) in [6.07, 6.45) is 4.24. The SMILES string of the molecule is COCCN(C)CCc1ccc(-n2ccc(OCc3ccc(Cl)cn3)cc2=O)cc1. The maximum absolute atomic E-state index is 12.5. The molecule has 7 heteroatoms. The number of hydrogen-bond acceptors (Lipinski definition) is 5. The molecule has 3 rings (SSSR count). The molecule has 0 atom stereocenters. The van der Waals surface area contributed by atoms with E-state index in [1.54, 1.807) is 42.3 Å². The highest BCUT2D eigenvalue weighted by Crippen LogP contribution is 2.14. The third-order valence-electron chi connectivity index (χ3n) is 4.74. The smallest absolute Gasteiger partial charge is 0.258 e. The Balaban J connectivity index is 1.59. The molecular weight excluding hydrogens is 402 g/mol. The molecule has 0 radical (unpaired) electrons. The molecule has 0 fully saturated rings. The first kappa shape index (κ1) is 22.0. The Hall–Kier alpha value is -2.67. The summed E-state index contributed by atoms with van der Waals surface area (Å²) in [6, 6.07) is 14.8. The highest BCUT2D eigenvalue weighted by atomic mass is 35.5. The van der Waals surface area contributed by atoms with Gasteiger partial charge in [-0.15, -0.1) is 0 Å².